The van der Waals surface area contributed by atoms with Gasteiger partial charge in [-0.15, -0.1) is 0 Å². The number of aryl methyl sites for hydroxylation is 1. The maximum absolute atomic E-state index is 4.42. The molecule has 2 nitrogen and oxygen atoms in total. The summed E-state index contributed by atoms with van der Waals surface area (Å²) >= 11 is 3.54. The first-order valence-corrected chi connectivity index (χ1v) is 5.66. The molecule has 0 unspecified atom stereocenters. The average Bonchev–Trinajstić information content (AvgIpc) is 2.18. The molecule has 3 heteroatoms. The van der Waals surface area contributed by atoms with Gasteiger partial charge >= 0.3 is 0 Å². The minimum Gasteiger partial charge on any atom is -0.270 e. The second-order valence-corrected chi connectivity index (χ2v) is 4.83. The molecule has 0 saturated heterocycles. The number of hydrogen-bond donors (Lipinski definition) is 2. The molecule has 0 saturated carbocycles. The maximum Gasteiger partial charge on any atom is 0.0457 e. The molecule has 86 valence electrons. The van der Waals surface area contributed by atoms with Gasteiger partial charge in [0.05, 0.1) is 0 Å². The maximum atomic E-state index is 4.42. The molecule has 1 aromatic heterocycles. The van der Waals surface area contributed by atoms with Gasteiger partial charge in [0.2, 0.25) is 0 Å². The third-order valence-electron chi connectivity index (χ3n) is 2.00. The highest BCUT2D eigenvalue weighted by atomic mass is 32.1. The Kier molecular flexibility index (Phi) is 6.61. The Bertz CT molecular complexity index is 262. The topological polar surface area (TPSA) is 24.9 Å². The van der Waals surface area contributed by atoms with E-state index in [1.54, 1.807) is 7.05 Å². The lowest BCUT2D eigenvalue weighted by Gasteiger charge is -2.17. The smallest absolute Gasteiger partial charge is 0.0457 e. The molecule has 1 heterocycles. The van der Waals surface area contributed by atoms with Crippen LogP contribution in [0.5, 0.6) is 0 Å². The number of nitrogens with zero attached hydrogens (tertiary/aromatic N) is 1. The average molecular weight is 226 g/mol. The van der Waals surface area contributed by atoms with Gasteiger partial charge in [0, 0.05) is 17.3 Å². The quantitative estimate of drug-likeness (QED) is 0.720. The lowest BCUT2D eigenvalue weighted by Crippen LogP contribution is -2.13. The second-order valence-electron chi connectivity index (χ2n) is 4.38. The number of rotatable bonds is 1. The van der Waals surface area contributed by atoms with E-state index in [0.717, 1.165) is 6.42 Å². The molecule has 1 N–H and O–H groups in total. The number of aromatic nitrogens is 1. The summed E-state index contributed by atoms with van der Waals surface area (Å²) in [6.07, 6.45) is 3.04. The summed E-state index contributed by atoms with van der Waals surface area (Å²) in [6.45, 7) is 8.69. The number of thiol groups is 1. The normalized spacial score (nSPS) is 10.5. The predicted octanol–water partition coefficient (Wildman–Crippen LogP) is 2.99. The summed E-state index contributed by atoms with van der Waals surface area (Å²) in [6, 6.07) is 4.28. The van der Waals surface area contributed by atoms with Crippen molar-refractivity contribution in [2.45, 2.75) is 39.5 Å². The van der Waals surface area contributed by atoms with Crippen molar-refractivity contribution >= 4 is 12.8 Å². The summed E-state index contributed by atoms with van der Waals surface area (Å²) in [7, 11) is 1.74. The van der Waals surface area contributed by atoms with Crippen LogP contribution in [-0.4, -0.2) is 12.0 Å². The fraction of sp³-hybridized carbons (Fsp3) is 0.583. The van der Waals surface area contributed by atoms with Crippen LogP contribution in [0.4, 0.5) is 0 Å². The van der Waals surface area contributed by atoms with Crippen LogP contribution in [0, 0.1) is 0 Å². The van der Waals surface area contributed by atoms with E-state index in [0.29, 0.717) is 0 Å². The zero-order valence-corrected chi connectivity index (χ0v) is 11.2. The summed E-state index contributed by atoms with van der Waals surface area (Å²) in [5.41, 5.74) is 2.65. The largest absolute Gasteiger partial charge is 0.270 e. The van der Waals surface area contributed by atoms with Crippen molar-refractivity contribution in [1.29, 1.82) is 0 Å². The van der Waals surface area contributed by atoms with Crippen molar-refractivity contribution < 1.29 is 0 Å². The highest BCUT2D eigenvalue weighted by molar-refractivity contribution is 7.78. The van der Waals surface area contributed by atoms with Crippen molar-refractivity contribution in [1.82, 2.24) is 9.71 Å². The Morgan fingerprint density at radius 1 is 1.33 bits per heavy atom. The lowest BCUT2D eigenvalue weighted by atomic mass is 9.91. The van der Waals surface area contributed by atoms with Crippen LogP contribution in [0.3, 0.4) is 0 Å². The van der Waals surface area contributed by atoms with Gasteiger partial charge in [-0.2, -0.15) is 0 Å². The fourth-order valence-corrected chi connectivity index (χ4v) is 1.08. The minimum atomic E-state index is 0.173. The fourth-order valence-electron chi connectivity index (χ4n) is 1.08. The van der Waals surface area contributed by atoms with Gasteiger partial charge in [-0.3, -0.25) is 9.71 Å². The summed E-state index contributed by atoms with van der Waals surface area (Å²) in [5, 5.41) is 0. The summed E-state index contributed by atoms with van der Waals surface area (Å²) in [5.74, 6) is 0. The zero-order chi connectivity index (χ0) is 11.9. The molecule has 1 rings (SSSR count). The molecular formula is C12H22N2S. The molecule has 0 aromatic carbocycles. The predicted molar refractivity (Wildman–Crippen MR) is 70.4 cm³/mol. The Balaban J connectivity index is 0.000000583. The van der Waals surface area contributed by atoms with Crippen LogP contribution < -0.4 is 4.72 Å². The van der Waals surface area contributed by atoms with E-state index in [2.05, 4.69) is 62.3 Å². The van der Waals surface area contributed by atoms with Crippen LogP contribution >= 0.6 is 12.8 Å². The molecule has 0 bridgehead atoms. The minimum absolute atomic E-state index is 0.173. The standard InChI is InChI=1S/C11H17N.CH5NS/c1-5-9-6-7-10(12-8-9)11(2,3)4;1-2-3/h6-8H,5H2,1-4H3;2-3H,1H3. The van der Waals surface area contributed by atoms with Gasteiger partial charge in [0.1, 0.15) is 0 Å². The highest BCUT2D eigenvalue weighted by Gasteiger charge is 2.14. The van der Waals surface area contributed by atoms with E-state index in [4.69, 9.17) is 0 Å². The van der Waals surface area contributed by atoms with E-state index in [9.17, 15) is 0 Å². The van der Waals surface area contributed by atoms with Gasteiger partial charge in [-0.25, -0.2) is 0 Å². The SMILES string of the molecule is CCc1ccc(C(C)(C)C)nc1.CNS. The van der Waals surface area contributed by atoms with Crippen molar-refractivity contribution in [2.75, 3.05) is 7.05 Å². The molecule has 0 fully saturated rings. The molecule has 0 aliphatic heterocycles. The van der Waals surface area contributed by atoms with Crippen LogP contribution in [0.1, 0.15) is 39.0 Å². The number of nitrogens with one attached hydrogen (secondary N) is 1. The lowest BCUT2D eigenvalue weighted by molar-refractivity contribution is 0.568. The van der Waals surface area contributed by atoms with Crippen LogP contribution in [-0.2, 0) is 11.8 Å². The first-order valence-electron chi connectivity index (χ1n) is 5.22. The van der Waals surface area contributed by atoms with E-state index < -0.39 is 0 Å². The van der Waals surface area contributed by atoms with Crippen LogP contribution in [0.2, 0.25) is 0 Å². The molecule has 0 amide bonds. The molecule has 15 heavy (non-hydrogen) atoms. The summed E-state index contributed by atoms with van der Waals surface area (Å²) in [4.78, 5) is 4.42. The van der Waals surface area contributed by atoms with Gasteiger partial charge in [-0.1, -0.05) is 46.6 Å². The zero-order valence-electron chi connectivity index (χ0n) is 10.3. The van der Waals surface area contributed by atoms with Crippen molar-refractivity contribution in [2.24, 2.45) is 0 Å². The summed E-state index contributed by atoms with van der Waals surface area (Å²) < 4.78 is 2.44. The monoisotopic (exact) mass is 226 g/mol. The third kappa shape index (κ3) is 5.80. The van der Waals surface area contributed by atoms with E-state index >= 15 is 0 Å². The van der Waals surface area contributed by atoms with E-state index in [1.165, 1.54) is 11.3 Å². The molecular weight excluding hydrogens is 204 g/mol. The van der Waals surface area contributed by atoms with E-state index in [1.807, 2.05) is 6.20 Å². The van der Waals surface area contributed by atoms with Crippen LogP contribution in [0.25, 0.3) is 0 Å². The Morgan fingerprint density at radius 2 is 1.87 bits per heavy atom. The van der Waals surface area contributed by atoms with Crippen molar-refractivity contribution in [3.63, 3.8) is 0 Å². The van der Waals surface area contributed by atoms with Gasteiger partial charge in [0.15, 0.2) is 0 Å². The second kappa shape index (κ2) is 6.85. The molecule has 0 spiro atoms. The molecule has 0 aliphatic rings. The van der Waals surface area contributed by atoms with Gasteiger partial charge in [0.25, 0.3) is 0 Å². The molecule has 0 aliphatic carbocycles. The Labute approximate surface area is 99.1 Å². The number of pyridine rings is 1. The molecule has 0 atom stereocenters. The Hall–Kier alpha value is -0.540. The third-order valence-corrected chi connectivity index (χ3v) is 2.00. The van der Waals surface area contributed by atoms with Gasteiger partial charge < -0.3 is 0 Å². The molecule has 1 aromatic rings. The Morgan fingerprint density at radius 3 is 2.13 bits per heavy atom. The first kappa shape index (κ1) is 14.5. The van der Waals surface area contributed by atoms with E-state index in [-0.39, 0.29) is 5.41 Å². The highest BCUT2D eigenvalue weighted by Crippen LogP contribution is 2.19. The van der Waals surface area contributed by atoms with Crippen molar-refractivity contribution in [3.05, 3.63) is 29.6 Å². The molecule has 0 radical (unpaired) electrons. The number of hydrogen-bond acceptors (Lipinski definition) is 3. The van der Waals surface area contributed by atoms with Crippen LogP contribution in [0.15, 0.2) is 18.3 Å². The first-order chi connectivity index (χ1) is 6.95. The van der Waals surface area contributed by atoms with Gasteiger partial charge in [-0.05, 0) is 25.1 Å². The van der Waals surface area contributed by atoms with Crippen molar-refractivity contribution in [3.8, 4) is 0 Å².